The number of aliphatic hydroxyl groups is 1. The number of methoxy groups -OCH3 is 1. The summed E-state index contributed by atoms with van der Waals surface area (Å²) in [6.45, 7) is 8.46. The Labute approximate surface area is 203 Å². The van der Waals surface area contributed by atoms with Crippen LogP contribution in [-0.2, 0) is 9.53 Å². The number of Topliss-reactive ketones (excluding diaryl/α,β-unsaturated/α-hetero) is 1. The number of thiophene rings is 1. The van der Waals surface area contributed by atoms with Crippen LogP contribution in [0.5, 0.6) is 0 Å². The lowest BCUT2D eigenvalue weighted by Crippen LogP contribution is -2.28. The molecule has 33 heavy (non-hydrogen) atoms. The average Bonchev–Trinajstić information content (AvgIpc) is 3.20. The van der Waals surface area contributed by atoms with Crippen molar-refractivity contribution in [3.05, 3.63) is 21.4 Å². The van der Waals surface area contributed by atoms with Crippen molar-refractivity contribution in [3.8, 4) is 11.8 Å². The molecule has 0 spiro atoms. The lowest BCUT2D eigenvalue weighted by atomic mass is 9.71. The SMILES string of the molecule is COC(=O)c1sc(C#CC(C)(C)C)cc1C(CC(=O)C1CCC(C)CC1)C1CCC(O)CC1. The minimum absolute atomic E-state index is 0.0279. The van der Waals surface area contributed by atoms with E-state index >= 15 is 0 Å². The molecule has 0 amide bonds. The van der Waals surface area contributed by atoms with E-state index in [2.05, 4.69) is 39.5 Å². The van der Waals surface area contributed by atoms with Crippen LogP contribution in [-0.4, -0.2) is 30.1 Å². The van der Waals surface area contributed by atoms with Crippen molar-refractivity contribution >= 4 is 23.1 Å². The van der Waals surface area contributed by atoms with E-state index in [1.165, 1.54) is 18.4 Å². The summed E-state index contributed by atoms with van der Waals surface area (Å²) < 4.78 is 5.12. The third kappa shape index (κ3) is 7.17. The summed E-state index contributed by atoms with van der Waals surface area (Å²) in [6, 6.07) is 2.03. The second kappa shape index (κ2) is 11.2. The van der Waals surface area contributed by atoms with Crippen LogP contribution >= 0.6 is 11.3 Å². The van der Waals surface area contributed by atoms with Crippen LogP contribution < -0.4 is 0 Å². The molecule has 0 bridgehead atoms. The van der Waals surface area contributed by atoms with Gasteiger partial charge in [0, 0.05) is 17.8 Å². The molecule has 1 aromatic rings. The number of ether oxygens (including phenoxy) is 1. The van der Waals surface area contributed by atoms with E-state index in [0.717, 1.165) is 61.8 Å². The molecule has 3 rings (SSSR count). The maximum atomic E-state index is 13.4. The Morgan fingerprint density at radius 3 is 2.33 bits per heavy atom. The molecule has 4 nitrogen and oxygen atoms in total. The van der Waals surface area contributed by atoms with Gasteiger partial charge >= 0.3 is 5.97 Å². The van der Waals surface area contributed by atoms with Crippen molar-refractivity contribution < 1.29 is 19.4 Å². The third-order valence-corrected chi connectivity index (χ3v) is 8.34. The van der Waals surface area contributed by atoms with Crippen molar-refractivity contribution in [1.82, 2.24) is 0 Å². The Morgan fingerprint density at radius 1 is 1.12 bits per heavy atom. The quantitative estimate of drug-likeness (QED) is 0.387. The van der Waals surface area contributed by atoms with Gasteiger partial charge in [0.25, 0.3) is 0 Å². The van der Waals surface area contributed by atoms with Crippen LogP contribution in [0.3, 0.4) is 0 Å². The van der Waals surface area contributed by atoms with Crippen LogP contribution in [0.2, 0.25) is 0 Å². The van der Waals surface area contributed by atoms with Crippen LogP contribution in [0.4, 0.5) is 0 Å². The molecule has 1 unspecified atom stereocenters. The molecule has 2 saturated carbocycles. The van der Waals surface area contributed by atoms with Gasteiger partial charge in [-0.15, -0.1) is 11.3 Å². The average molecular weight is 473 g/mol. The van der Waals surface area contributed by atoms with E-state index in [4.69, 9.17) is 4.74 Å². The number of esters is 1. The number of hydrogen-bond donors (Lipinski definition) is 1. The minimum atomic E-state index is -0.349. The van der Waals surface area contributed by atoms with Crippen molar-refractivity contribution in [2.75, 3.05) is 7.11 Å². The first-order valence-corrected chi connectivity index (χ1v) is 13.3. The van der Waals surface area contributed by atoms with E-state index in [-0.39, 0.29) is 35.2 Å². The Bertz CT molecular complexity index is 881. The van der Waals surface area contributed by atoms with Gasteiger partial charge in [0.2, 0.25) is 0 Å². The molecule has 0 aliphatic heterocycles. The maximum Gasteiger partial charge on any atom is 0.348 e. The van der Waals surface area contributed by atoms with E-state index in [9.17, 15) is 14.7 Å². The van der Waals surface area contributed by atoms with Gasteiger partial charge in [0.1, 0.15) is 10.7 Å². The van der Waals surface area contributed by atoms with Crippen LogP contribution in [0.25, 0.3) is 0 Å². The molecular weight excluding hydrogens is 432 g/mol. The molecule has 5 heteroatoms. The Morgan fingerprint density at radius 2 is 1.76 bits per heavy atom. The fourth-order valence-corrected chi connectivity index (χ4v) is 6.25. The zero-order chi connectivity index (χ0) is 24.2. The lowest BCUT2D eigenvalue weighted by molar-refractivity contribution is -0.124. The minimum Gasteiger partial charge on any atom is -0.465 e. The fraction of sp³-hybridized carbons (Fsp3) is 0.714. The molecule has 1 aromatic heterocycles. The maximum absolute atomic E-state index is 13.4. The monoisotopic (exact) mass is 472 g/mol. The smallest absolute Gasteiger partial charge is 0.348 e. The summed E-state index contributed by atoms with van der Waals surface area (Å²) in [5, 5.41) is 10.1. The molecule has 2 aliphatic rings. The van der Waals surface area contributed by atoms with E-state index in [0.29, 0.717) is 23.0 Å². The van der Waals surface area contributed by atoms with E-state index < -0.39 is 0 Å². The summed E-state index contributed by atoms with van der Waals surface area (Å²) in [5.41, 5.74) is 0.784. The molecule has 0 radical (unpaired) electrons. The second-order valence-corrected chi connectivity index (χ2v) is 12.2. The zero-order valence-electron chi connectivity index (χ0n) is 20.9. The molecule has 2 aliphatic carbocycles. The van der Waals surface area contributed by atoms with Crippen molar-refractivity contribution in [2.45, 2.75) is 97.5 Å². The number of rotatable bonds is 6. The molecule has 1 atom stereocenters. The Balaban J connectivity index is 1.94. The molecular formula is C28H40O4S. The number of carbonyl (C=O) groups is 2. The molecule has 1 N–H and O–H groups in total. The first kappa shape index (κ1) is 26.0. The molecule has 1 heterocycles. The summed E-state index contributed by atoms with van der Waals surface area (Å²) in [6.07, 6.45) is 7.66. The molecule has 0 aromatic carbocycles. The van der Waals surface area contributed by atoms with Gasteiger partial charge in [0.05, 0.1) is 18.1 Å². The highest BCUT2D eigenvalue weighted by Crippen LogP contribution is 2.43. The van der Waals surface area contributed by atoms with Crippen LogP contribution in [0, 0.1) is 35.0 Å². The predicted molar refractivity (Wildman–Crippen MR) is 133 cm³/mol. The van der Waals surface area contributed by atoms with Crippen molar-refractivity contribution in [3.63, 3.8) is 0 Å². The largest absolute Gasteiger partial charge is 0.465 e. The summed E-state index contributed by atoms with van der Waals surface area (Å²) in [7, 11) is 1.41. The van der Waals surface area contributed by atoms with Crippen LogP contribution in [0.15, 0.2) is 6.07 Å². The van der Waals surface area contributed by atoms with Gasteiger partial charge in [-0.2, -0.15) is 0 Å². The summed E-state index contributed by atoms with van der Waals surface area (Å²) >= 11 is 1.38. The van der Waals surface area contributed by atoms with Gasteiger partial charge in [-0.25, -0.2) is 4.79 Å². The summed E-state index contributed by atoms with van der Waals surface area (Å²) in [5.74, 6) is 7.59. The highest BCUT2D eigenvalue weighted by Gasteiger charge is 2.35. The molecule has 182 valence electrons. The number of ketones is 1. The van der Waals surface area contributed by atoms with Crippen LogP contribution in [0.1, 0.15) is 112 Å². The topological polar surface area (TPSA) is 63.6 Å². The van der Waals surface area contributed by atoms with Gasteiger partial charge in [-0.3, -0.25) is 4.79 Å². The summed E-state index contributed by atoms with van der Waals surface area (Å²) in [4.78, 5) is 27.6. The predicted octanol–water partition coefficient (Wildman–Crippen LogP) is 6.35. The van der Waals surface area contributed by atoms with Gasteiger partial charge in [-0.1, -0.05) is 31.6 Å². The van der Waals surface area contributed by atoms with E-state index in [1.54, 1.807) is 0 Å². The number of hydrogen-bond acceptors (Lipinski definition) is 5. The first-order valence-electron chi connectivity index (χ1n) is 12.5. The third-order valence-electron chi connectivity index (χ3n) is 7.29. The van der Waals surface area contributed by atoms with Gasteiger partial charge in [-0.05, 0) is 88.7 Å². The highest BCUT2D eigenvalue weighted by atomic mass is 32.1. The second-order valence-electron chi connectivity index (χ2n) is 11.2. The normalized spacial score (nSPS) is 26.7. The Kier molecular flexibility index (Phi) is 8.81. The van der Waals surface area contributed by atoms with Crippen molar-refractivity contribution in [2.24, 2.45) is 23.2 Å². The lowest BCUT2D eigenvalue weighted by Gasteiger charge is -2.33. The fourth-order valence-electron chi connectivity index (χ4n) is 5.24. The van der Waals surface area contributed by atoms with E-state index in [1.807, 2.05) is 6.07 Å². The molecule has 0 saturated heterocycles. The molecule has 2 fully saturated rings. The Hall–Kier alpha value is -1.64. The zero-order valence-corrected chi connectivity index (χ0v) is 21.7. The number of carbonyl (C=O) groups excluding carboxylic acids is 2. The van der Waals surface area contributed by atoms with Gasteiger partial charge in [0.15, 0.2) is 0 Å². The number of aliphatic hydroxyl groups excluding tert-OH is 1. The van der Waals surface area contributed by atoms with Crippen molar-refractivity contribution in [1.29, 1.82) is 0 Å². The first-order chi connectivity index (χ1) is 15.6. The highest BCUT2D eigenvalue weighted by molar-refractivity contribution is 7.14. The standard InChI is InChI=1S/C28H40O4S/c1-18-6-8-20(9-7-18)25(30)17-23(19-10-12-21(29)13-11-19)24-16-22(14-15-28(2,3)4)33-26(24)27(31)32-5/h16,18-21,23,29H,6-13,17H2,1-5H3. The van der Waals surface area contributed by atoms with Gasteiger partial charge < -0.3 is 9.84 Å².